The van der Waals surface area contributed by atoms with Crippen LogP contribution in [-0.4, -0.2) is 15.8 Å². The molecule has 0 aliphatic heterocycles. The molecule has 3 aromatic rings. The lowest BCUT2D eigenvalue weighted by Gasteiger charge is -2.06. The van der Waals surface area contributed by atoms with Gasteiger partial charge in [-0.25, -0.2) is 9.97 Å². The van der Waals surface area contributed by atoms with Crippen LogP contribution in [0.4, 0.5) is 13.2 Å². The maximum absolute atomic E-state index is 12.8. The quantitative estimate of drug-likeness (QED) is 0.480. The fourth-order valence-corrected chi connectivity index (χ4v) is 3.40. The molecule has 1 unspecified atom stereocenters. The minimum Gasteiger partial charge on any atom is -0.292 e. The molecule has 0 radical (unpaired) electrons. The fourth-order valence-electron chi connectivity index (χ4n) is 2.20. The van der Waals surface area contributed by atoms with Crippen molar-refractivity contribution >= 4 is 38.9 Å². The summed E-state index contributed by atoms with van der Waals surface area (Å²) in [6, 6.07) is 7.87. The highest BCUT2D eigenvalue weighted by Gasteiger charge is 2.32. The number of nitrogens with zero attached hydrogens (tertiary/aromatic N) is 3. The van der Waals surface area contributed by atoms with Crippen LogP contribution in [-0.2, 0) is 6.18 Å². The summed E-state index contributed by atoms with van der Waals surface area (Å²) in [6.45, 7) is 0. The van der Waals surface area contributed by atoms with Gasteiger partial charge in [-0.15, -0.1) is 11.3 Å². The first-order valence-corrected chi connectivity index (χ1v) is 8.02. The second-order valence-electron chi connectivity index (χ2n) is 5.00. The molecule has 0 aliphatic carbocycles. The molecular weight excluding hydrogens is 375 g/mol. The highest BCUT2D eigenvalue weighted by Crippen LogP contribution is 2.35. The molecule has 0 saturated heterocycles. The third-order valence-corrected chi connectivity index (χ3v) is 4.80. The van der Waals surface area contributed by atoms with Crippen molar-refractivity contribution in [3.05, 3.63) is 57.8 Å². The highest BCUT2D eigenvalue weighted by atomic mass is 35.5. The van der Waals surface area contributed by atoms with Crippen LogP contribution in [0.2, 0.25) is 5.15 Å². The van der Waals surface area contributed by atoms with Crippen LogP contribution >= 0.6 is 22.9 Å². The maximum atomic E-state index is 12.8. The van der Waals surface area contributed by atoms with Gasteiger partial charge in [-0.1, -0.05) is 11.6 Å². The molecule has 0 spiro atoms. The van der Waals surface area contributed by atoms with Gasteiger partial charge in [0.2, 0.25) is 0 Å². The number of hydrogen-bond acceptors (Lipinski definition) is 5. The average molecular weight is 382 g/mol. The molecule has 0 amide bonds. The second-order valence-corrected chi connectivity index (χ2v) is 6.42. The number of halogens is 4. The zero-order chi connectivity index (χ0) is 18.2. The third-order valence-electron chi connectivity index (χ3n) is 3.39. The molecule has 1 atom stereocenters. The lowest BCUT2D eigenvalue weighted by atomic mass is 10.0. The number of hydrogen-bond donors (Lipinski definition) is 0. The molecule has 25 heavy (non-hydrogen) atoms. The number of carbonyl (C=O) groups is 1. The molecule has 0 saturated carbocycles. The molecule has 3 rings (SSSR count). The number of alkyl halides is 3. The second kappa shape index (κ2) is 6.43. The average Bonchev–Trinajstić information content (AvgIpc) is 2.97. The molecule has 2 heterocycles. The minimum absolute atomic E-state index is 0.0479. The summed E-state index contributed by atoms with van der Waals surface area (Å²) in [4.78, 5) is 20.4. The molecule has 4 nitrogen and oxygen atoms in total. The zero-order valence-electron chi connectivity index (χ0n) is 12.2. The van der Waals surface area contributed by atoms with Gasteiger partial charge in [-0.2, -0.15) is 18.4 Å². The van der Waals surface area contributed by atoms with Crippen molar-refractivity contribution in [1.29, 1.82) is 5.26 Å². The number of benzene rings is 1. The van der Waals surface area contributed by atoms with Gasteiger partial charge in [0.05, 0.1) is 27.4 Å². The van der Waals surface area contributed by atoms with E-state index in [9.17, 15) is 23.2 Å². The van der Waals surface area contributed by atoms with Gasteiger partial charge >= 0.3 is 6.18 Å². The third kappa shape index (κ3) is 3.34. The van der Waals surface area contributed by atoms with Crippen molar-refractivity contribution in [2.24, 2.45) is 0 Å². The van der Waals surface area contributed by atoms with Crippen LogP contribution in [0.3, 0.4) is 0 Å². The number of thiazole rings is 1. The number of ketones is 1. The Morgan fingerprint density at radius 2 is 2.08 bits per heavy atom. The van der Waals surface area contributed by atoms with Crippen molar-refractivity contribution in [2.75, 3.05) is 0 Å². The van der Waals surface area contributed by atoms with E-state index in [4.69, 9.17) is 11.6 Å². The van der Waals surface area contributed by atoms with Gasteiger partial charge in [0.1, 0.15) is 10.2 Å². The molecule has 9 heteroatoms. The van der Waals surface area contributed by atoms with Gasteiger partial charge in [0.15, 0.2) is 11.7 Å². The highest BCUT2D eigenvalue weighted by molar-refractivity contribution is 7.18. The zero-order valence-corrected chi connectivity index (χ0v) is 13.8. The first-order valence-electron chi connectivity index (χ1n) is 6.83. The topological polar surface area (TPSA) is 66.6 Å². The van der Waals surface area contributed by atoms with Gasteiger partial charge in [0, 0.05) is 6.20 Å². The number of carbonyl (C=O) groups excluding carboxylic acids is 1. The Kier molecular flexibility index (Phi) is 4.45. The minimum atomic E-state index is -4.49. The summed E-state index contributed by atoms with van der Waals surface area (Å²) in [5.41, 5.74) is -0.696. The van der Waals surface area contributed by atoms with E-state index in [1.807, 2.05) is 6.07 Å². The van der Waals surface area contributed by atoms with Crippen molar-refractivity contribution in [3.8, 4) is 6.07 Å². The van der Waals surface area contributed by atoms with Crippen LogP contribution in [0, 0.1) is 11.3 Å². The van der Waals surface area contributed by atoms with Gasteiger partial charge < -0.3 is 0 Å². The van der Waals surface area contributed by atoms with E-state index in [-0.39, 0.29) is 21.2 Å². The molecular formula is C16H7ClF3N3OS. The number of fused-ring (bicyclic) bond motifs is 1. The number of Topliss-reactive ketones (excluding diaryl/α,β-unsaturated/α-hetero) is 1. The Morgan fingerprint density at radius 1 is 1.32 bits per heavy atom. The maximum Gasteiger partial charge on any atom is 0.416 e. The molecule has 2 aromatic heterocycles. The van der Waals surface area contributed by atoms with E-state index >= 15 is 0 Å². The predicted molar refractivity (Wildman–Crippen MR) is 86.6 cm³/mol. The Bertz CT molecular complexity index is 1010. The first kappa shape index (κ1) is 17.3. The lowest BCUT2D eigenvalue weighted by Crippen LogP contribution is -2.12. The van der Waals surface area contributed by atoms with E-state index in [0.29, 0.717) is 4.70 Å². The van der Waals surface area contributed by atoms with E-state index in [1.165, 1.54) is 24.4 Å². The van der Waals surface area contributed by atoms with Crippen molar-refractivity contribution in [1.82, 2.24) is 9.97 Å². The smallest absolute Gasteiger partial charge is 0.292 e. The molecule has 0 N–H and O–H groups in total. The van der Waals surface area contributed by atoms with Crippen molar-refractivity contribution in [2.45, 2.75) is 12.1 Å². The van der Waals surface area contributed by atoms with Crippen LogP contribution < -0.4 is 0 Å². The van der Waals surface area contributed by atoms with Gasteiger partial charge in [-0.05, 0) is 30.3 Å². The largest absolute Gasteiger partial charge is 0.416 e. The van der Waals surface area contributed by atoms with Crippen LogP contribution in [0.1, 0.15) is 26.8 Å². The number of pyridine rings is 1. The molecule has 0 aliphatic rings. The summed E-state index contributed by atoms with van der Waals surface area (Å²) in [7, 11) is 0. The summed E-state index contributed by atoms with van der Waals surface area (Å²) in [5.74, 6) is -1.87. The van der Waals surface area contributed by atoms with E-state index < -0.39 is 23.4 Å². The molecule has 126 valence electrons. The SMILES string of the molecule is N#CC(C(=O)c1cccnc1Cl)c1nc2cc(C(F)(F)F)ccc2s1. The first-order chi connectivity index (χ1) is 11.8. The Morgan fingerprint density at radius 3 is 2.72 bits per heavy atom. The number of rotatable bonds is 3. The lowest BCUT2D eigenvalue weighted by molar-refractivity contribution is -0.137. The Labute approximate surface area is 148 Å². The van der Waals surface area contributed by atoms with Crippen LogP contribution in [0.5, 0.6) is 0 Å². The van der Waals surface area contributed by atoms with Crippen LogP contribution in [0.25, 0.3) is 10.2 Å². The van der Waals surface area contributed by atoms with E-state index in [2.05, 4.69) is 9.97 Å². The number of aromatic nitrogens is 2. The molecule has 0 fully saturated rings. The van der Waals surface area contributed by atoms with E-state index in [0.717, 1.165) is 23.5 Å². The molecule has 1 aromatic carbocycles. The Hall–Kier alpha value is -2.50. The Balaban J connectivity index is 2.03. The van der Waals surface area contributed by atoms with Crippen LogP contribution in [0.15, 0.2) is 36.5 Å². The number of nitriles is 1. The monoisotopic (exact) mass is 381 g/mol. The standard InChI is InChI=1S/C16H7ClF3N3OS/c17-14-9(2-1-5-22-14)13(24)10(7-21)15-23-11-6-8(16(18,19)20)3-4-12(11)25-15/h1-6,10H. The van der Waals surface area contributed by atoms with Crippen molar-refractivity contribution in [3.63, 3.8) is 0 Å². The normalized spacial score (nSPS) is 12.8. The molecule has 0 bridgehead atoms. The van der Waals surface area contributed by atoms with E-state index in [1.54, 1.807) is 0 Å². The predicted octanol–water partition coefficient (Wildman–Crippen LogP) is 4.85. The fraction of sp³-hybridized carbons (Fsp3) is 0.125. The summed E-state index contributed by atoms with van der Waals surface area (Å²) < 4.78 is 38.8. The summed E-state index contributed by atoms with van der Waals surface area (Å²) in [5, 5.41) is 9.43. The summed E-state index contributed by atoms with van der Waals surface area (Å²) >= 11 is 6.87. The van der Waals surface area contributed by atoms with Gasteiger partial charge in [0.25, 0.3) is 0 Å². The summed E-state index contributed by atoms with van der Waals surface area (Å²) in [6.07, 6.45) is -3.09. The van der Waals surface area contributed by atoms with Gasteiger partial charge in [-0.3, -0.25) is 4.79 Å². The van der Waals surface area contributed by atoms with Crippen molar-refractivity contribution < 1.29 is 18.0 Å².